The number of alkyl halides is 6. The zero-order valence-electron chi connectivity index (χ0n) is 14.1. The Kier molecular flexibility index (Phi) is 5.33. The van der Waals surface area contributed by atoms with E-state index in [0.29, 0.717) is 22.2 Å². The van der Waals surface area contributed by atoms with Gasteiger partial charge in [-0.25, -0.2) is 4.99 Å². The minimum absolute atomic E-state index is 0.0720. The highest BCUT2D eigenvalue weighted by Gasteiger charge is 2.38. The molecule has 0 fully saturated rings. The van der Waals surface area contributed by atoms with Crippen LogP contribution in [-0.2, 0) is 4.74 Å². The second-order valence-electron chi connectivity index (χ2n) is 6.24. The van der Waals surface area contributed by atoms with Crippen LogP contribution in [0.2, 0.25) is 0 Å². The Balaban J connectivity index is 1.91. The standard InChI is InChI=1S/C18H15F6NOS/c1-10-5-6-12(15(7-10)27-9-17(19,20)21)16-25-13-8-11(18(22,23)24)3-2-4-14(13)26-16/h2-3,5-8,13-14H,4,9H2,1H3. The van der Waals surface area contributed by atoms with E-state index in [2.05, 4.69) is 4.99 Å². The molecule has 2 nitrogen and oxygen atoms in total. The van der Waals surface area contributed by atoms with Gasteiger partial charge in [0, 0.05) is 16.9 Å². The molecule has 0 N–H and O–H groups in total. The average molecular weight is 407 g/mol. The first-order valence-corrected chi connectivity index (χ1v) is 9.02. The molecular formula is C18H15F6NOS. The summed E-state index contributed by atoms with van der Waals surface area (Å²) in [5, 5.41) is 0. The number of nitrogens with zero attached hydrogens (tertiary/aromatic N) is 1. The molecule has 0 saturated carbocycles. The largest absolute Gasteiger partial charge is 0.471 e. The number of hydrogen-bond acceptors (Lipinski definition) is 3. The molecule has 3 rings (SSSR count). The van der Waals surface area contributed by atoms with Crippen LogP contribution in [0.3, 0.4) is 0 Å². The van der Waals surface area contributed by atoms with E-state index in [1.807, 2.05) is 0 Å². The summed E-state index contributed by atoms with van der Waals surface area (Å²) in [6, 6.07) is 4.03. The van der Waals surface area contributed by atoms with Gasteiger partial charge in [0.1, 0.15) is 12.1 Å². The van der Waals surface area contributed by atoms with E-state index in [-0.39, 0.29) is 12.3 Å². The van der Waals surface area contributed by atoms with Gasteiger partial charge in [-0.2, -0.15) is 26.3 Å². The fraction of sp³-hybridized carbons (Fsp3) is 0.389. The van der Waals surface area contributed by atoms with E-state index in [9.17, 15) is 26.3 Å². The van der Waals surface area contributed by atoms with Crippen LogP contribution < -0.4 is 0 Å². The molecule has 0 amide bonds. The molecule has 146 valence electrons. The quantitative estimate of drug-likeness (QED) is 0.480. The van der Waals surface area contributed by atoms with Crippen LogP contribution in [0.25, 0.3) is 0 Å². The summed E-state index contributed by atoms with van der Waals surface area (Å²) in [5.74, 6) is -1.01. The maximum Gasteiger partial charge on any atom is 0.416 e. The summed E-state index contributed by atoms with van der Waals surface area (Å²) in [4.78, 5) is 4.55. The van der Waals surface area contributed by atoms with Gasteiger partial charge in [0.15, 0.2) is 0 Å². The number of rotatable bonds is 3. The predicted molar refractivity (Wildman–Crippen MR) is 91.1 cm³/mol. The van der Waals surface area contributed by atoms with E-state index in [0.717, 1.165) is 17.7 Å². The van der Waals surface area contributed by atoms with E-state index in [1.54, 1.807) is 25.1 Å². The van der Waals surface area contributed by atoms with E-state index in [1.165, 1.54) is 6.08 Å². The van der Waals surface area contributed by atoms with Crippen LogP contribution >= 0.6 is 11.8 Å². The Bertz CT molecular complexity index is 809. The Hall–Kier alpha value is -1.90. The molecule has 0 saturated heterocycles. The monoisotopic (exact) mass is 407 g/mol. The average Bonchev–Trinajstić information content (AvgIpc) is 2.82. The summed E-state index contributed by atoms with van der Waals surface area (Å²) in [5.41, 5.74) is 0.312. The molecule has 9 heteroatoms. The van der Waals surface area contributed by atoms with Crippen LogP contribution in [-0.4, -0.2) is 36.1 Å². The zero-order chi connectivity index (χ0) is 19.8. The number of allylic oxidation sites excluding steroid dienone is 2. The fourth-order valence-electron chi connectivity index (χ4n) is 2.77. The lowest BCUT2D eigenvalue weighted by Crippen LogP contribution is -2.21. The van der Waals surface area contributed by atoms with Crippen LogP contribution in [0.4, 0.5) is 26.3 Å². The summed E-state index contributed by atoms with van der Waals surface area (Å²) < 4.78 is 82.5. The number of ether oxygens (including phenoxy) is 1. The molecule has 1 aliphatic carbocycles. The van der Waals surface area contributed by atoms with Crippen LogP contribution in [0.5, 0.6) is 0 Å². The van der Waals surface area contributed by atoms with E-state index >= 15 is 0 Å². The Morgan fingerprint density at radius 1 is 1.19 bits per heavy atom. The Morgan fingerprint density at radius 3 is 2.59 bits per heavy atom. The van der Waals surface area contributed by atoms with Crippen LogP contribution in [0.15, 0.2) is 51.9 Å². The minimum Gasteiger partial charge on any atom is -0.471 e. The van der Waals surface area contributed by atoms with Gasteiger partial charge in [-0.05, 0) is 30.7 Å². The van der Waals surface area contributed by atoms with Crippen molar-refractivity contribution in [1.29, 1.82) is 0 Å². The van der Waals surface area contributed by atoms with Crippen LogP contribution in [0, 0.1) is 6.92 Å². The Morgan fingerprint density at radius 2 is 1.93 bits per heavy atom. The van der Waals surface area contributed by atoms with Gasteiger partial charge in [-0.15, -0.1) is 11.8 Å². The fourth-order valence-corrected chi connectivity index (χ4v) is 3.67. The van der Waals surface area contributed by atoms with Gasteiger partial charge in [0.05, 0.1) is 11.3 Å². The zero-order valence-corrected chi connectivity index (χ0v) is 14.9. The van der Waals surface area contributed by atoms with Crippen molar-refractivity contribution < 1.29 is 31.1 Å². The molecule has 2 aliphatic rings. The summed E-state index contributed by atoms with van der Waals surface area (Å²) in [7, 11) is 0. The van der Waals surface area contributed by atoms with Gasteiger partial charge < -0.3 is 4.74 Å². The number of hydrogen-bond donors (Lipinski definition) is 0. The molecule has 2 unspecified atom stereocenters. The number of halogens is 6. The predicted octanol–water partition coefficient (Wildman–Crippen LogP) is 5.61. The summed E-state index contributed by atoms with van der Waals surface area (Å²) in [6.07, 6.45) is -5.86. The highest BCUT2D eigenvalue weighted by atomic mass is 32.2. The topological polar surface area (TPSA) is 21.6 Å². The van der Waals surface area contributed by atoms with Crippen molar-refractivity contribution in [2.45, 2.75) is 42.7 Å². The van der Waals surface area contributed by atoms with Crippen molar-refractivity contribution in [3.63, 3.8) is 0 Å². The van der Waals surface area contributed by atoms with Gasteiger partial charge in [0.2, 0.25) is 5.90 Å². The van der Waals surface area contributed by atoms with Crippen molar-refractivity contribution in [1.82, 2.24) is 0 Å². The molecule has 1 aromatic rings. The normalized spacial score (nSPS) is 22.6. The Labute approximate surface area is 156 Å². The first-order valence-electron chi connectivity index (χ1n) is 8.03. The number of aliphatic imine (C=N–C) groups is 1. The number of aryl methyl sites for hydroxylation is 1. The SMILES string of the molecule is Cc1ccc(C2=NC3C=C(C(F)(F)F)C=CCC3O2)c(SCC(F)(F)F)c1. The molecule has 1 heterocycles. The molecule has 0 bridgehead atoms. The first-order chi connectivity index (χ1) is 12.5. The van der Waals surface area contributed by atoms with Crippen molar-refractivity contribution in [3.8, 4) is 0 Å². The number of fused-ring (bicyclic) bond motifs is 1. The smallest absolute Gasteiger partial charge is 0.416 e. The maximum absolute atomic E-state index is 13.0. The van der Waals surface area contributed by atoms with Crippen molar-refractivity contribution in [2.75, 3.05) is 5.75 Å². The van der Waals surface area contributed by atoms with E-state index in [4.69, 9.17) is 4.74 Å². The van der Waals surface area contributed by atoms with Crippen LogP contribution in [0.1, 0.15) is 17.5 Å². The molecular weight excluding hydrogens is 392 g/mol. The molecule has 2 atom stereocenters. The lowest BCUT2D eigenvalue weighted by Gasteiger charge is -2.14. The highest BCUT2D eigenvalue weighted by Crippen LogP contribution is 2.35. The van der Waals surface area contributed by atoms with Gasteiger partial charge in [-0.3, -0.25) is 0 Å². The number of benzene rings is 1. The molecule has 0 radical (unpaired) electrons. The number of thioether (sulfide) groups is 1. The molecule has 1 aliphatic heterocycles. The summed E-state index contributed by atoms with van der Waals surface area (Å²) >= 11 is 0.602. The third-order valence-corrected chi connectivity index (χ3v) is 5.13. The molecule has 27 heavy (non-hydrogen) atoms. The third kappa shape index (κ3) is 4.88. The van der Waals surface area contributed by atoms with Crippen molar-refractivity contribution in [2.24, 2.45) is 4.99 Å². The molecule has 0 spiro atoms. The highest BCUT2D eigenvalue weighted by molar-refractivity contribution is 7.99. The van der Waals surface area contributed by atoms with Gasteiger partial charge >= 0.3 is 12.4 Å². The van der Waals surface area contributed by atoms with Gasteiger partial charge in [0.25, 0.3) is 0 Å². The van der Waals surface area contributed by atoms with Crippen molar-refractivity contribution in [3.05, 3.63) is 53.1 Å². The summed E-state index contributed by atoms with van der Waals surface area (Å²) in [6.45, 7) is 1.74. The second kappa shape index (κ2) is 7.26. The second-order valence-corrected chi connectivity index (χ2v) is 7.26. The van der Waals surface area contributed by atoms with Crippen molar-refractivity contribution >= 4 is 17.7 Å². The third-order valence-electron chi connectivity index (χ3n) is 4.01. The first kappa shape index (κ1) is 19.9. The lowest BCUT2D eigenvalue weighted by atomic mass is 10.1. The molecule has 0 aromatic heterocycles. The minimum atomic E-state index is -4.50. The molecule has 1 aromatic carbocycles. The lowest BCUT2D eigenvalue weighted by molar-refractivity contribution is -0.105. The maximum atomic E-state index is 13.0. The van der Waals surface area contributed by atoms with Gasteiger partial charge in [-0.1, -0.05) is 18.2 Å². The van der Waals surface area contributed by atoms with E-state index < -0.39 is 35.8 Å².